The topological polar surface area (TPSA) is 101 Å². The van der Waals surface area contributed by atoms with Gasteiger partial charge in [0.2, 0.25) is 0 Å². The van der Waals surface area contributed by atoms with Gasteiger partial charge in [-0.15, -0.1) is 0 Å². The largest absolute Gasteiger partial charge is 0.508 e. The van der Waals surface area contributed by atoms with E-state index < -0.39 is 4.92 Å². The Morgan fingerprint density at radius 2 is 2.29 bits per heavy atom. The molecule has 0 heterocycles. The van der Waals surface area contributed by atoms with E-state index in [1.807, 2.05) is 0 Å². The highest BCUT2D eigenvalue weighted by molar-refractivity contribution is 7.80. The van der Waals surface area contributed by atoms with Crippen molar-refractivity contribution in [1.29, 1.82) is 0 Å². The first-order chi connectivity index (χ1) is 6.50. The van der Waals surface area contributed by atoms with E-state index in [4.69, 9.17) is 10.8 Å². The number of phenols is 1. The second kappa shape index (κ2) is 3.88. The highest BCUT2D eigenvalue weighted by Crippen LogP contribution is 2.27. The standard InChI is InChI=1S/C7H7N3O3S/c8-7(14)9-5-2-1-4(11)3-6(5)10(12)13/h1-3,11H,(H3,8,9,14). The van der Waals surface area contributed by atoms with Crippen LogP contribution in [0.2, 0.25) is 0 Å². The lowest BCUT2D eigenvalue weighted by Gasteiger charge is -2.04. The highest BCUT2D eigenvalue weighted by Gasteiger charge is 2.14. The number of nitrogens with zero attached hydrogens (tertiary/aromatic N) is 1. The van der Waals surface area contributed by atoms with Crippen molar-refractivity contribution in [2.24, 2.45) is 5.73 Å². The SMILES string of the molecule is NC(=S)Nc1ccc(O)cc1[N+](=O)[O-]. The summed E-state index contributed by atoms with van der Waals surface area (Å²) in [6.07, 6.45) is 0. The minimum atomic E-state index is -0.639. The van der Waals surface area contributed by atoms with Gasteiger partial charge in [-0.3, -0.25) is 10.1 Å². The van der Waals surface area contributed by atoms with Crippen molar-refractivity contribution in [3.8, 4) is 5.75 Å². The molecular weight excluding hydrogens is 206 g/mol. The summed E-state index contributed by atoms with van der Waals surface area (Å²) in [5.74, 6) is -0.190. The monoisotopic (exact) mass is 213 g/mol. The molecule has 1 rings (SSSR count). The number of thiocarbonyl (C=S) groups is 1. The van der Waals surface area contributed by atoms with Crippen LogP contribution in [0.15, 0.2) is 18.2 Å². The molecule has 0 radical (unpaired) electrons. The van der Waals surface area contributed by atoms with E-state index in [0.717, 1.165) is 6.07 Å². The number of hydrogen-bond acceptors (Lipinski definition) is 4. The van der Waals surface area contributed by atoms with Crippen LogP contribution in [0.25, 0.3) is 0 Å². The fourth-order valence-electron chi connectivity index (χ4n) is 0.910. The summed E-state index contributed by atoms with van der Waals surface area (Å²) < 4.78 is 0. The molecule has 0 aliphatic heterocycles. The molecule has 0 bridgehead atoms. The molecule has 0 atom stereocenters. The van der Waals surface area contributed by atoms with E-state index in [9.17, 15) is 10.1 Å². The average Bonchev–Trinajstić information content (AvgIpc) is 2.07. The Balaban J connectivity index is 3.14. The molecule has 0 amide bonds. The number of nitrogens with one attached hydrogen (secondary N) is 1. The van der Waals surface area contributed by atoms with E-state index in [1.54, 1.807) is 0 Å². The molecule has 0 aliphatic rings. The Morgan fingerprint density at radius 1 is 1.64 bits per heavy atom. The van der Waals surface area contributed by atoms with Crippen LogP contribution in [0.4, 0.5) is 11.4 Å². The Bertz CT molecular complexity index is 394. The van der Waals surface area contributed by atoms with E-state index in [-0.39, 0.29) is 22.2 Å². The minimum absolute atomic E-state index is 0.0706. The third-order valence-electron chi connectivity index (χ3n) is 1.44. The van der Waals surface area contributed by atoms with Crippen LogP contribution >= 0.6 is 12.2 Å². The maximum Gasteiger partial charge on any atom is 0.296 e. The lowest BCUT2D eigenvalue weighted by atomic mass is 10.2. The summed E-state index contributed by atoms with van der Waals surface area (Å²) in [7, 11) is 0. The Morgan fingerprint density at radius 3 is 2.79 bits per heavy atom. The Hall–Kier alpha value is -1.89. The smallest absolute Gasteiger partial charge is 0.296 e. The van der Waals surface area contributed by atoms with E-state index in [2.05, 4.69) is 17.5 Å². The zero-order valence-corrected chi connectivity index (χ0v) is 7.75. The Kier molecular flexibility index (Phi) is 2.82. The summed E-state index contributed by atoms with van der Waals surface area (Å²) in [5, 5.41) is 21.9. The zero-order chi connectivity index (χ0) is 10.7. The van der Waals surface area contributed by atoms with Crippen LogP contribution in [0.5, 0.6) is 5.75 Å². The zero-order valence-electron chi connectivity index (χ0n) is 6.93. The molecule has 6 nitrogen and oxygen atoms in total. The fourth-order valence-corrected chi connectivity index (χ4v) is 1.02. The lowest BCUT2D eigenvalue weighted by Crippen LogP contribution is -2.19. The molecule has 0 saturated carbocycles. The number of rotatable bonds is 2. The lowest BCUT2D eigenvalue weighted by molar-refractivity contribution is -0.384. The average molecular weight is 213 g/mol. The van der Waals surface area contributed by atoms with Crippen LogP contribution in [0, 0.1) is 10.1 Å². The van der Waals surface area contributed by atoms with E-state index in [0.29, 0.717) is 0 Å². The van der Waals surface area contributed by atoms with Crippen molar-refractivity contribution in [2.45, 2.75) is 0 Å². The summed E-state index contributed by atoms with van der Waals surface area (Å²) >= 11 is 4.54. The number of nitrogens with two attached hydrogens (primary N) is 1. The van der Waals surface area contributed by atoms with Crippen molar-refractivity contribution in [3.63, 3.8) is 0 Å². The maximum absolute atomic E-state index is 10.5. The summed E-state index contributed by atoms with van der Waals surface area (Å²) in [5.41, 5.74) is 5.04. The fraction of sp³-hybridized carbons (Fsp3) is 0. The number of anilines is 1. The number of hydrogen-bond donors (Lipinski definition) is 3. The first kappa shape index (κ1) is 10.2. The van der Waals surface area contributed by atoms with Gasteiger partial charge in [-0.1, -0.05) is 0 Å². The van der Waals surface area contributed by atoms with Crippen molar-refractivity contribution >= 4 is 28.7 Å². The Labute approximate surface area is 84.5 Å². The van der Waals surface area contributed by atoms with Crippen molar-refractivity contribution < 1.29 is 10.0 Å². The molecule has 4 N–H and O–H groups in total. The number of phenolic OH excluding ortho intramolecular Hbond substituents is 1. The van der Waals surface area contributed by atoms with Crippen LogP contribution in [-0.2, 0) is 0 Å². The van der Waals surface area contributed by atoms with Gasteiger partial charge in [-0.2, -0.15) is 0 Å². The maximum atomic E-state index is 10.5. The molecule has 0 aromatic heterocycles. The predicted octanol–water partition coefficient (Wildman–Crippen LogP) is 0.956. The van der Waals surface area contributed by atoms with Crippen molar-refractivity contribution in [2.75, 3.05) is 5.32 Å². The molecule has 0 aliphatic carbocycles. The molecular formula is C7H7N3O3S. The van der Waals surface area contributed by atoms with Gasteiger partial charge in [0.25, 0.3) is 5.69 Å². The number of nitro benzene ring substituents is 1. The molecule has 1 aromatic carbocycles. The third-order valence-corrected chi connectivity index (χ3v) is 1.54. The van der Waals surface area contributed by atoms with Crippen LogP contribution in [0.3, 0.4) is 0 Å². The molecule has 7 heteroatoms. The van der Waals surface area contributed by atoms with Gasteiger partial charge < -0.3 is 16.2 Å². The molecule has 74 valence electrons. The number of benzene rings is 1. The summed E-state index contributed by atoms with van der Waals surface area (Å²) in [4.78, 5) is 9.89. The quantitative estimate of drug-likeness (QED) is 0.292. The molecule has 0 fully saturated rings. The van der Waals surface area contributed by atoms with Crippen LogP contribution < -0.4 is 11.1 Å². The molecule has 14 heavy (non-hydrogen) atoms. The number of aromatic hydroxyl groups is 1. The summed E-state index contributed by atoms with van der Waals surface area (Å²) in [6.45, 7) is 0. The second-order valence-electron chi connectivity index (χ2n) is 2.45. The molecule has 0 unspecified atom stereocenters. The van der Waals surface area contributed by atoms with Gasteiger partial charge in [-0.25, -0.2) is 0 Å². The van der Waals surface area contributed by atoms with Crippen LogP contribution in [-0.4, -0.2) is 15.1 Å². The van der Waals surface area contributed by atoms with Gasteiger partial charge in [-0.05, 0) is 24.4 Å². The van der Waals surface area contributed by atoms with Gasteiger partial charge in [0, 0.05) is 0 Å². The normalized spacial score (nSPS) is 9.43. The number of nitro groups is 1. The summed E-state index contributed by atoms with van der Waals surface area (Å²) in [6, 6.07) is 3.64. The van der Waals surface area contributed by atoms with Crippen molar-refractivity contribution in [3.05, 3.63) is 28.3 Å². The van der Waals surface area contributed by atoms with Gasteiger partial charge in [0.1, 0.15) is 11.4 Å². The van der Waals surface area contributed by atoms with E-state index in [1.165, 1.54) is 12.1 Å². The molecule has 1 aromatic rings. The van der Waals surface area contributed by atoms with Gasteiger partial charge in [0.05, 0.1) is 11.0 Å². The first-order valence-electron chi connectivity index (χ1n) is 3.54. The minimum Gasteiger partial charge on any atom is -0.508 e. The second-order valence-corrected chi connectivity index (χ2v) is 2.89. The molecule has 0 saturated heterocycles. The van der Waals surface area contributed by atoms with Crippen LogP contribution in [0.1, 0.15) is 0 Å². The van der Waals surface area contributed by atoms with Gasteiger partial charge >= 0.3 is 0 Å². The highest BCUT2D eigenvalue weighted by atomic mass is 32.1. The van der Waals surface area contributed by atoms with Gasteiger partial charge in [0.15, 0.2) is 5.11 Å². The van der Waals surface area contributed by atoms with Crippen molar-refractivity contribution in [1.82, 2.24) is 0 Å². The first-order valence-corrected chi connectivity index (χ1v) is 3.95. The predicted molar refractivity (Wildman–Crippen MR) is 55.2 cm³/mol. The molecule has 0 spiro atoms. The van der Waals surface area contributed by atoms with E-state index >= 15 is 0 Å². The third kappa shape index (κ3) is 2.30.